The Bertz CT molecular complexity index is 388. The molecular formula is C14H20Br2N2O. The minimum atomic E-state index is 0.482. The van der Waals surface area contributed by atoms with Gasteiger partial charge in [0.05, 0.1) is 13.2 Å². The van der Waals surface area contributed by atoms with Crippen LogP contribution in [0.2, 0.25) is 0 Å². The Morgan fingerprint density at radius 1 is 1.21 bits per heavy atom. The first-order chi connectivity index (χ1) is 9.13. The van der Waals surface area contributed by atoms with Crippen molar-refractivity contribution < 1.29 is 4.74 Å². The van der Waals surface area contributed by atoms with Crippen molar-refractivity contribution in [1.29, 1.82) is 0 Å². The number of rotatable bonds is 5. The van der Waals surface area contributed by atoms with E-state index < -0.39 is 0 Å². The predicted octanol–water partition coefficient (Wildman–Crippen LogP) is 3.02. The molecule has 0 saturated carbocycles. The molecule has 0 bridgehead atoms. The van der Waals surface area contributed by atoms with E-state index in [-0.39, 0.29) is 0 Å². The summed E-state index contributed by atoms with van der Waals surface area (Å²) in [6.07, 6.45) is 0. The van der Waals surface area contributed by atoms with Crippen molar-refractivity contribution in [3.8, 4) is 0 Å². The van der Waals surface area contributed by atoms with Crippen LogP contribution in [0, 0.1) is 0 Å². The fourth-order valence-corrected chi connectivity index (χ4v) is 3.63. The van der Waals surface area contributed by atoms with Gasteiger partial charge in [-0.3, -0.25) is 4.90 Å². The molecule has 1 fully saturated rings. The molecule has 5 heteroatoms. The molecule has 3 nitrogen and oxygen atoms in total. The van der Waals surface area contributed by atoms with E-state index >= 15 is 0 Å². The average molecular weight is 392 g/mol. The monoisotopic (exact) mass is 390 g/mol. The highest BCUT2D eigenvalue weighted by Crippen LogP contribution is 2.20. The Balaban J connectivity index is 1.77. The Morgan fingerprint density at radius 2 is 1.84 bits per heavy atom. The van der Waals surface area contributed by atoms with Crippen LogP contribution < -0.4 is 5.32 Å². The van der Waals surface area contributed by atoms with E-state index in [1.54, 1.807) is 0 Å². The van der Waals surface area contributed by atoms with E-state index in [4.69, 9.17) is 4.74 Å². The molecule has 1 aliphatic rings. The molecule has 1 heterocycles. The third-order valence-electron chi connectivity index (χ3n) is 3.21. The van der Waals surface area contributed by atoms with Gasteiger partial charge in [0.1, 0.15) is 0 Å². The molecule has 0 amide bonds. The Labute approximate surface area is 132 Å². The summed E-state index contributed by atoms with van der Waals surface area (Å²) >= 11 is 7.04. The largest absolute Gasteiger partial charge is 0.379 e. The first-order valence-corrected chi connectivity index (χ1v) is 8.20. The Kier molecular flexibility index (Phi) is 6.29. The topological polar surface area (TPSA) is 24.5 Å². The van der Waals surface area contributed by atoms with Gasteiger partial charge >= 0.3 is 0 Å². The molecule has 2 rings (SSSR count). The minimum absolute atomic E-state index is 0.482. The van der Waals surface area contributed by atoms with Crippen molar-refractivity contribution in [1.82, 2.24) is 10.2 Å². The maximum absolute atomic E-state index is 5.36. The van der Waals surface area contributed by atoms with Crippen molar-refractivity contribution in [2.75, 3.05) is 32.8 Å². The van der Waals surface area contributed by atoms with E-state index in [1.165, 1.54) is 5.56 Å². The summed E-state index contributed by atoms with van der Waals surface area (Å²) in [7, 11) is 0. The van der Waals surface area contributed by atoms with Crippen LogP contribution in [-0.2, 0) is 11.3 Å². The van der Waals surface area contributed by atoms with Crippen molar-refractivity contribution in [3.63, 3.8) is 0 Å². The van der Waals surface area contributed by atoms with Crippen molar-refractivity contribution in [2.45, 2.75) is 19.5 Å². The van der Waals surface area contributed by atoms with E-state index in [9.17, 15) is 0 Å². The van der Waals surface area contributed by atoms with E-state index in [0.29, 0.717) is 6.04 Å². The lowest BCUT2D eigenvalue weighted by Crippen LogP contribution is -2.44. The number of ether oxygens (including phenoxy) is 1. The van der Waals surface area contributed by atoms with Crippen molar-refractivity contribution in [3.05, 3.63) is 32.7 Å². The number of halogens is 2. The van der Waals surface area contributed by atoms with Gasteiger partial charge in [-0.1, -0.05) is 31.9 Å². The standard InChI is InChI=1S/C14H20Br2N2O/c1-11(10-18-2-4-19-5-3-18)17-9-12-6-13(15)8-14(16)7-12/h6-8,11,17H,2-5,9-10H2,1H3. The second-order valence-corrected chi connectivity index (χ2v) is 6.80. The van der Waals surface area contributed by atoms with Crippen LogP contribution in [0.15, 0.2) is 27.1 Å². The fourth-order valence-electron chi connectivity index (χ4n) is 2.24. The number of morpholine rings is 1. The normalized spacial score (nSPS) is 18.5. The smallest absolute Gasteiger partial charge is 0.0594 e. The van der Waals surface area contributed by atoms with Crippen molar-refractivity contribution in [2.24, 2.45) is 0 Å². The maximum Gasteiger partial charge on any atom is 0.0594 e. The number of nitrogens with one attached hydrogen (secondary N) is 1. The molecule has 1 saturated heterocycles. The lowest BCUT2D eigenvalue weighted by atomic mass is 10.2. The van der Waals surface area contributed by atoms with Crippen molar-refractivity contribution >= 4 is 31.9 Å². The number of nitrogens with zero attached hydrogens (tertiary/aromatic N) is 1. The van der Waals surface area contributed by atoms with Crippen LogP contribution in [0.1, 0.15) is 12.5 Å². The Hall–Kier alpha value is 0.0600. The summed E-state index contributed by atoms with van der Waals surface area (Å²) < 4.78 is 7.59. The van der Waals surface area contributed by atoms with Crippen LogP contribution >= 0.6 is 31.9 Å². The Morgan fingerprint density at radius 3 is 2.47 bits per heavy atom. The van der Waals surface area contributed by atoms with Gasteiger partial charge in [-0.15, -0.1) is 0 Å². The summed E-state index contributed by atoms with van der Waals surface area (Å²) in [5.41, 5.74) is 1.29. The van der Waals surface area contributed by atoms with Crippen LogP contribution in [0.25, 0.3) is 0 Å². The molecule has 1 aromatic carbocycles. The second-order valence-electron chi connectivity index (χ2n) is 4.97. The van der Waals surface area contributed by atoms with Crippen LogP contribution in [0.5, 0.6) is 0 Å². The van der Waals surface area contributed by atoms with E-state index in [2.05, 4.69) is 67.2 Å². The zero-order chi connectivity index (χ0) is 13.7. The third kappa shape index (κ3) is 5.52. The van der Waals surface area contributed by atoms with Gasteiger partial charge in [-0.25, -0.2) is 0 Å². The highest BCUT2D eigenvalue weighted by Gasteiger charge is 2.13. The van der Waals surface area contributed by atoms with Gasteiger partial charge in [0.25, 0.3) is 0 Å². The molecule has 1 atom stereocenters. The van der Waals surface area contributed by atoms with Gasteiger partial charge in [-0.05, 0) is 30.7 Å². The van der Waals surface area contributed by atoms with Crippen LogP contribution in [0.3, 0.4) is 0 Å². The zero-order valence-corrected chi connectivity index (χ0v) is 14.3. The summed E-state index contributed by atoms with van der Waals surface area (Å²) in [6.45, 7) is 8.05. The quantitative estimate of drug-likeness (QED) is 0.834. The summed E-state index contributed by atoms with van der Waals surface area (Å²) in [5, 5.41) is 3.58. The maximum atomic E-state index is 5.36. The summed E-state index contributed by atoms with van der Waals surface area (Å²) in [4.78, 5) is 2.46. The highest BCUT2D eigenvalue weighted by atomic mass is 79.9. The molecule has 0 radical (unpaired) electrons. The number of hydrogen-bond donors (Lipinski definition) is 1. The number of hydrogen-bond acceptors (Lipinski definition) is 3. The molecule has 0 aliphatic carbocycles. The van der Waals surface area contributed by atoms with Crippen LogP contribution in [0.4, 0.5) is 0 Å². The van der Waals surface area contributed by atoms with Gasteiger partial charge < -0.3 is 10.1 Å². The lowest BCUT2D eigenvalue weighted by Gasteiger charge is -2.29. The summed E-state index contributed by atoms with van der Waals surface area (Å²) in [5.74, 6) is 0. The first-order valence-electron chi connectivity index (χ1n) is 6.62. The highest BCUT2D eigenvalue weighted by molar-refractivity contribution is 9.11. The number of benzene rings is 1. The van der Waals surface area contributed by atoms with E-state index in [0.717, 1.165) is 48.3 Å². The molecule has 0 spiro atoms. The average Bonchev–Trinajstić information content (AvgIpc) is 2.36. The summed E-state index contributed by atoms with van der Waals surface area (Å²) in [6, 6.07) is 6.84. The van der Waals surface area contributed by atoms with Gasteiger partial charge in [0.2, 0.25) is 0 Å². The molecule has 1 aliphatic heterocycles. The fraction of sp³-hybridized carbons (Fsp3) is 0.571. The first kappa shape index (κ1) is 15.4. The van der Waals surface area contributed by atoms with Gasteiger partial charge in [0, 0.05) is 41.2 Å². The molecule has 0 aromatic heterocycles. The molecule has 1 unspecified atom stereocenters. The molecule has 1 aromatic rings. The SMILES string of the molecule is CC(CN1CCOCC1)NCc1cc(Br)cc(Br)c1. The van der Waals surface area contributed by atoms with Gasteiger partial charge in [0.15, 0.2) is 0 Å². The molecule has 1 N–H and O–H groups in total. The third-order valence-corrected chi connectivity index (χ3v) is 4.13. The van der Waals surface area contributed by atoms with Crippen LogP contribution in [-0.4, -0.2) is 43.8 Å². The minimum Gasteiger partial charge on any atom is -0.379 e. The van der Waals surface area contributed by atoms with Gasteiger partial charge in [-0.2, -0.15) is 0 Å². The predicted molar refractivity (Wildman–Crippen MR) is 85.4 cm³/mol. The lowest BCUT2D eigenvalue weighted by molar-refractivity contribution is 0.0343. The zero-order valence-electron chi connectivity index (χ0n) is 11.2. The van der Waals surface area contributed by atoms with E-state index in [1.807, 2.05) is 0 Å². The molecule has 106 valence electrons. The molecular weight excluding hydrogens is 372 g/mol. The second kappa shape index (κ2) is 7.74. The molecule has 19 heavy (non-hydrogen) atoms.